The van der Waals surface area contributed by atoms with Gasteiger partial charge >= 0.3 is 0 Å². The summed E-state index contributed by atoms with van der Waals surface area (Å²) in [5.74, 6) is -0.317. The molecule has 2 nitrogen and oxygen atoms in total. The van der Waals surface area contributed by atoms with Crippen molar-refractivity contribution in [3.8, 4) is 0 Å². The van der Waals surface area contributed by atoms with E-state index in [1.54, 1.807) is 42.5 Å². The van der Waals surface area contributed by atoms with E-state index in [2.05, 4.69) is 6.58 Å². The number of carbonyl (C=O) groups excluding carboxylic acids is 2. The molecule has 0 radical (unpaired) electrons. The van der Waals surface area contributed by atoms with Crippen LogP contribution in [0.1, 0.15) is 32.7 Å². The van der Waals surface area contributed by atoms with Crippen LogP contribution in [-0.4, -0.2) is 11.6 Å². The fourth-order valence-electron chi connectivity index (χ4n) is 1.78. The highest BCUT2D eigenvalue weighted by Crippen LogP contribution is 2.10. The fraction of sp³-hybridized carbons (Fsp3) is 0.0588. The van der Waals surface area contributed by atoms with Crippen molar-refractivity contribution in [2.24, 2.45) is 0 Å². The summed E-state index contributed by atoms with van der Waals surface area (Å²) in [4.78, 5) is 23.9. The van der Waals surface area contributed by atoms with E-state index < -0.39 is 0 Å². The van der Waals surface area contributed by atoms with Crippen LogP contribution in [0.5, 0.6) is 0 Å². The lowest BCUT2D eigenvalue weighted by Crippen LogP contribution is -2.08. The third-order valence-corrected chi connectivity index (χ3v) is 2.89. The second-order valence-electron chi connectivity index (χ2n) is 4.22. The van der Waals surface area contributed by atoms with Crippen LogP contribution in [0.25, 0.3) is 6.08 Å². The van der Waals surface area contributed by atoms with Crippen molar-refractivity contribution in [1.82, 2.24) is 0 Å². The van der Waals surface area contributed by atoms with Gasteiger partial charge in [-0.05, 0) is 5.56 Å². The molecular formula is C17H14O2. The number of carbonyl (C=O) groups is 2. The molecule has 94 valence electrons. The Kier molecular flexibility index (Phi) is 4.04. The highest BCUT2D eigenvalue weighted by Gasteiger charge is 2.13. The molecule has 0 aromatic heterocycles. The molecule has 0 saturated carbocycles. The Balaban J connectivity index is 2.08. The van der Waals surface area contributed by atoms with Gasteiger partial charge in [0.1, 0.15) is 0 Å². The van der Waals surface area contributed by atoms with Gasteiger partial charge in [0.05, 0.1) is 6.42 Å². The number of rotatable bonds is 5. The molecule has 0 aliphatic carbocycles. The molecule has 0 unspecified atom stereocenters. The third-order valence-electron chi connectivity index (χ3n) is 2.89. The van der Waals surface area contributed by atoms with E-state index in [0.717, 1.165) is 5.56 Å². The Morgan fingerprint density at radius 1 is 0.842 bits per heavy atom. The largest absolute Gasteiger partial charge is 0.294 e. The molecule has 0 N–H and O–H groups in total. The number of hydrogen-bond donors (Lipinski definition) is 0. The number of hydrogen-bond acceptors (Lipinski definition) is 2. The molecule has 0 atom stereocenters. The summed E-state index contributed by atoms with van der Waals surface area (Å²) in [6.45, 7) is 3.65. The van der Waals surface area contributed by atoms with Gasteiger partial charge < -0.3 is 0 Å². The van der Waals surface area contributed by atoms with Crippen molar-refractivity contribution in [3.63, 3.8) is 0 Å². The van der Waals surface area contributed by atoms with E-state index in [-0.39, 0.29) is 18.0 Å². The van der Waals surface area contributed by atoms with Gasteiger partial charge in [-0.25, -0.2) is 0 Å². The van der Waals surface area contributed by atoms with Gasteiger partial charge in [-0.3, -0.25) is 9.59 Å². The van der Waals surface area contributed by atoms with E-state index in [1.165, 1.54) is 0 Å². The molecule has 0 fully saturated rings. The first-order valence-corrected chi connectivity index (χ1v) is 6.04. The van der Waals surface area contributed by atoms with Crippen molar-refractivity contribution in [1.29, 1.82) is 0 Å². The van der Waals surface area contributed by atoms with E-state index in [9.17, 15) is 9.59 Å². The lowest BCUT2D eigenvalue weighted by Gasteiger charge is -2.02. The molecule has 0 spiro atoms. The Bertz CT molecular complexity index is 595. The molecule has 2 heteroatoms. The molecule has 0 amide bonds. The quantitative estimate of drug-likeness (QED) is 0.597. The topological polar surface area (TPSA) is 34.1 Å². The second kappa shape index (κ2) is 5.91. The molecule has 0 saturated heterocycles. The summed E-state index contributed by atoms with van der Waals surface area (Å²) in [5, 5.41) is 0. The van der Waals surface area contributed by atoms with Crippen molar-refractivity contribution < 1.29 is 9.59 Å². The zero-order valence-corrected chi connectivity index (χ0v) is 10.5. The summed E-state index contributed by atoms with van der Waals surface area (Å²) in [5.41, 5.74) is 2.07. The second-order valence-corrected chi connectivity index (χ2v) is 4.22. The Morgan fingerprint density at radius 3 is 1.89 bits per heavy atom. The molecular weight excluding hydrogens is 236 g/mol. The van der Waals surface area contributed by atoms with Gasteiger partial charge in [-0.15, -0.1) is 0 Å². The van der Waals surface area contributed by atoms with Crippen LogP contribution < -0.4 is 0 Å². The first kappa shape index (κ1) is 13.0. The predicted molar refractivity (Wildman–Crippen MR) is 76.3 cm³/mol. The highest BCUT2D eigenvalue weighted by atomic mass is 16.1. The standard InChI is InChI=1S/C17H14O2/c1-2-13-8-10-15(11-9-13)17(19)12-16(18)14-6-4-3-5-7-14/h2-11H,1,12H2. The minimum atomic E-state index is -0.163. The third kappa shape index (κ3) is 3.26. The molecule has 0 aliphatic heterocycles. The minimum Gasteiger partial charge on any atom is -0.294 e. The monoisotopic (exact) mass is 250 g/mol. The van der Waals surface area contributed by atoms with Crippen molar-refractivity contribution in [3.05, 3.63) is 77.9 Å². The molecule has 2 aromatic rings. The molecule has 19 heavy (non-hydrogen) atoms. The van der Waals surface area contributed by atoms with Gasteiger partial charge in [0.2, 0.25) is 0 Å². The van der Waals surface area contributed by atoms with Crippen molar-refractivity contribution in [2.75, 3.05) is 0 Å². The Labute approximate surface area is 112 Å². The summed E-state index contributed by atoms with van der Waals surface area (Å²) in [6.07, 6.45) is 1.61. The van der Waals surface area contributed by atoms with Gasteiger partial charge in [-0.2, -0.15) is 0 Å². The predicted octanol–water partition coefficient (Wildman–Crippen LogP) is 3.79. The molecule has 0 heterocycles. The van der Waals surface area contributed by atoms with Crippen LogP contribution in [0.15, 0.2) is 61.2 Å². The van der Waals surface area contributed by atoms with Crippen molar-refractivity contribution >= 4 is 17.6 Å². The maximum Gasteiger partial charge on any atom is 0.170 e. The van der Waals surface area contributed by atoms with Crippen LogP contribution >= 0.6 is 0 Å². The molecule has 0 bridgehead atoms. The summed E-state index contributed by atoms with van der Waals surface area (Å²) in [7, 11) is 0. The van der Waals surface area contributed by atoms with Crippen LogP contribution in [0.3, 0.4) is 0 Å². The first-order chi connectivity index (χ1) is 9.20. The summed E-state index contributed by atoms with van der Waals surface area (Å²) in [6, 6.07) is 15.9. The molecule has 2 rings (SSSR count). The molecule has 2 aromatic carbocycles. The molecule has 0 aliphatic rings. The smallest absolute Gasteiger partial charge is 0.170 e. The van der Waals surface area contributed by atoms with Crippen molar-refractivity contribution in [2.45, 2.75) is 6.42 Å². The van der Waals surface area contributed by atoms with E-state index >= 15 is 0 Å². The van der Waals surface area contributed by atoms with Gasteiger partial charge in [-0.1, -0.05) is 67.3 Å². The maximum atomic E-state index is 12.0. The Hall–Kier alpha value is -2.48. The lowest BCUT2D eigenvalue weighted by atomic mass is 10.0. The average Bonchev–Trinajstić information content (AvgIpc) is 2.48. The number of benzene rings is 2. The highest BCUT2D eigenvalue weighted by molar-refractivity contribution is 6.13. The normalized spacial score (nSPS) is 9.89. The zero-order chi connectivity index (χ0) is 13.7. The van der Waals surface area contributed by atoms with Crippen LogP contribution in [-0.2, 0) is 0 Å². The van der Waals surface area contributed by atoms with E-state index in [4.69, 9.17) is 0 Å². The van der Waals surface area contributed by atoms with E-state index in [1.807, 2.05) is 18.2 Å². The van der Waals surface area contributed by atoms with Gasteiger partial charge in [0.15, 0.2) is 11.6 Å². The average molecular weight is 250 g/mol. The number of ketones is 2. The summed E-state index contributed by atoms with van der Waals surface area (Å²) >= 11 is 0. The van der Waals surface area contributed by atoms with Crippen LogP contribution in [0, 0.1) is 0 Å². The van der Waals surface area contributed by atoms with Crippen LogP contribution in [0.2, 0.25) is 0 Å². The number of Topliss-reactive ketones (excluding diaryl/α,β-unsaturated/α-hetero) is 2. The zero-order valence-electron chi connectivity index (χ0n) is 10.5. The maximum absolute atomic E-state index is 12.0. The fourth-order valence-corrected chi connectivity index (χ4v) is 1.78. The Morgan fingerprint density at radius 2 is 1.37 bits per heavy atom. The van der Waals surface area contributed by atoms with E-state index in [0.29, 0.717) is 11.1 Å². The first-order valence-electron chi connectivity index (χ1n) is 6.04. The van der Waals surface area contributed by atoms with Gasteiger partial charge in [0.25, 0.3) is 0 Å². The lowest BCUT2D eigenvalue weighted by molar-refractivity contribution is 0.0894. The minimum absolute atomic E-state index is 0.0998. The SMILES string of the molecule is C=Cc1ccc(C(=O)CC(=O)c2ccccc2)cc1. The summed E-state index contributed by atoms with van der Waals surface area (Å²) < 4.78 is 0. The van der Waals surface area contributed by atoms with Crippen LogP contribution in [0.4, 0.5) is 0 Å². The van der Waals surface area contributed by atoms with Gasteiger partial charge in [0, 0.05) is 11.1 Å².